The first-order valence-corrected chi connectivity index (χ1v) is 9.10. The Balaban J connectivity index is 2.76. The minimum Gasteiger partial charge on any atom is -0.497 e. The minimum atomic E-state index is -0.842. The summed E-state index contributed by atoms with van der Waals surface area (Å²) in [5, 5.41) is 0. The maximum atomic E-state index is 13.2. The van der Waals surface area contributed by atoms with Gasteiger partial charge in [-0.05, 0) is 31.2 Å². The predicted molar refractivity (Wildman–Crippen MR) is 102 cm³/mol. The Morgan fingerprint density at radius 1 is 0.929 bits per heavy atom. The van der Waals surface area contributed by atoms with Crippen LogP contribution in [0.1, 0.15) is 64.9 Å². The molecule has 150 valence electrons. The molecular formula is C20H24N2O6. The van der Waals surface area contributed by atoms with Gasteiger partial charge < -0.3 is 9.47 Å². The maximum Gasteiger partial charge on any atom is 0.342 e. The summed E-state index contributed by atoms with van der Waals surface area (Å²) in [6, 6.07) is 6.28. The summed E-state index contributed by atoms with van der Waals surface area (Å²) in [5.74, 6) is -1.06. The van der Waals surface area contributed by atoms with Crippen LogP contribution in [-0.4, -0.2) is 40.4 Å². The second-order valence-corrected chi connectivity index (χ2v) is 5.94. The summed E-state index contributed by atoms with van der Waals surface area (Å²) in [5.41, 5.74) is -0.638. The van der Waals surface area contributed by atoms with E-state index in [2.05, 4.69) is 0 Å². The number of carbonyl (C=O) groups excluding carboxylic acids is 3. The van der Waals surface area contributed by atoms with Gasteiger partial charge in [-0.1, -0.05) is 13.8 Å². The maximum absolute atomic E-state index is 13.2. The molecule has 0 radical (unpaired) electrons. The molecule has 2 rings (SSSR count). The molecule has 0 spiro atoms. The normalized spacial score (nSPS) is 10.7. The van der Waals surface area contributed by atoms with E-state index in [1.807, 2.05) is 0 Å². The number of ketones is 1. The molecule has 0 atom stereocenters. The highest BCUT2D eigenvalue weighted by Gasteiger charge is 2.30. The van der Waals surface area contributed by atoms with Gasteiger partial charge in [0.05, 0.1) is 19.4 Å². The Bertz CT molecular complexity index is 937. The molecule has 0 amide bonds. The smallest absolute Gasteiger partial charge is 0.342 e. The van der Waals surface area contributed by atoms with E-state index in [0.717, 1.165) is 9.13 Å². The van der Waals surface area contributed by atoms with Crippen molar-refractivity contribution in [2.24, 2.45) is 0 Å². The molecule has 0 aliphatic carbocycles. The number of ether oxygens (including phenoxy) is 2. The summed E-state index contributed by atoms with van der Waals surface area (Å²) in [6.45, 7) is 5.11. The average molecular weight is 388 g/mol. The van der Waals surface area contributed by atoms with Gasteiger partial charge in [-0.15, -0.1) is 0 Å². The third-order valence-electron chi connectivity index (χ3n) is 4.26. The molecule has 8 heteroatoms. The highest BCUT2D eigenvalue weighted by molar-refractivity contribution is 6.11. The van der Waals surface area contributed by atoms with Crippen LogP contribution in [0.5, 0.6) is 5.75 Å². The fourth-order valence-corrected chi connectivity index (χ4v) is 2.79. The largest absolute Gasteiger partial charge is 0.497 e. The van der Waals surface area contributed by atoms with E-state index in [1.165, 1.54) is 19.2 Å². The molecule has 0 aliphatic rings. The summed E-state index contributed by atoms with van der Waals surface area (Å²) in [4.78, 5) is 50.9. The number of nitrogens with zero attached hydrogens (tertiary/aromatic N) is 2. The molecule has 0 bridgehead atoms. The van der Waals surface area contributed by atoms with Crippen molar-refractivity contribution in [3.63, 3.8) is 0 Å². The van der Waals surface area contributed by atoms with Crippen molar-refractivity contribution in [2.75, 3.05) is 13.7 Å². The first kappa shape index (κ1) is 21.3. The SMILES string of the molecule is CCOCc1c(C(=O)c2ccc(OC)cc2)n(C(=O)CC)c(=O)n1C(=O)CC. The van der Waals surface area contributed by atoms with Crippen LogP contribution in [0.25, 0.3) is 0 Å². The lowest BCUT2D eigenvalue weighted by Gasteiger charge is -2.09. The zero-order valence-electron chi connectivity index (χ0n) is 16.5. The Morgan fingerprint density at radius 3 is 2.00 bits per heavy atom. The van der Waals surface area contributed by atoms with Crippen molar-refractivity contribution in [1.29, 1.82) is 0 Å². The van der Waals surface area contributed by atoms with Crippen LogP contribution in [0.4, 0.5) is 0 Å². The minimum absolute atomic E-state index is 0.00119. The molecule has 28 heavy (non-hydrogen) atoms. The van der Waals surface area contributed by atoms with Gasteiger partial charge in [0.2, 0.25) is 17.6 Å². The number of carbonyl (C=O) groups is 3. The number of rotatable bonds is 8. The second-order valence-electron chi connectivity index (χ2n) is 5.94. The number of hydrogen-bond acceptors (Lipinski definition) is 6. The van der Waals surface area contributed by atoms with Crippen LogP contribution in [-0.2, 0) is 11.3 Å². The van der Waals surface area contributed by atoms with E-state index in [-0.39, 0.29) is 36.4 Å². The lowest BCUT2D eigenvalue weighted by atomic mass is 10.1. The zero-order chi connectivity index (χ0) is 20.8. The van der Waals surface area contributed by atoms with Gasteiger partial charge in [0.25, 0.3) is 0 Å². The fraction of sp³-hybridized carbons (Fsp3) is 0.400. The number of benzene rings is 1. The number of methoxy groups -OCH3 is 1. The van der Waals surface area contributed by atoms with Gasteiger partial charge in [-0.25, -0.2) is 13.9 Å². The highest BCUT2D eigenvalue weighted by atomic mass is 16.5. The van der Waals surface area contributed by atoms with E-state index < -0.39 is 23.3 Å². The molecule has 0 fully saturated rings. The van der Waals surface area contributed by atoms with Crippen LogP contribution in [0, 0.1) is 0 Å². The van der Waals surface area contributed by atoms with Gasteiger partial charge in [0, 0.05) is 25.0 Å². The topological polar surface area (TPSA) is 96.6 Å². The summed E-state index contributed by atoms with van der Waals surface area (Å²) < 4.78 is 12.1. The van der Waals surface area contributed by atoms with Crippen LogP contribution >= 0.6 is 0 Å². The van der Waals surface area contributed by atoms with Gasteiger partial charge >= 0.3 is 5.69 Å². The van der Waals surface area contributed by atoms with Gasteiger partial charge in [0.15, 0.2) is 0 Å². The quantitative estimate of drug-likeness (QED) is 0.645. The summed E-state index contributed by atoms with van der Waals surface area (Å²) >= 11 is 0. The molecule has 1 heterocycles. The second kappa shape index (κ2) is 9.27. The molecule has 0 aliphatic heterocycles. The average Bonchev–Trinajstić information content (AvgIpc) is 3.02. The van der Waals surface area contributed by atoms with Crippen molar-refractivity contribution < 1.29 is 23.9 Å². The standard InChI is InChI=1S/C20H24N2O6/c1-5-16(23)21-15(12-28-7-3)18(22(20(21)26)17(24)6-2)19(25)13-8-10-14(27-4)11-9-13/h8-11H,5-7,12H2,1-4H3. The Morgan fingerprint density at radius 2 is 1.50 bits per heavy atom. The Kier molecular flexibility index (Phi) is 7.06. The number of aromatic nitrogens is 2. The molecule has 0 saturated heterocycles. The first-order chi connectivity index (χ1) is 13.4. The molecular weight excluding hydrogens is 364 g/mol. The molecule has 1 aromatic heterocycles. The van der Waals surface area contributed by atoms with Crippen molar-refractivity contribution in [3.8, 4) is 5.75 Å². The zero-order valence-corrected chi connectivity index (χ0v) is 16.5. The molecule has 8 nitrogen and oxygen atoms in total. The number of imidazole rings is 1. The highest BCUT2D eigenvalue weighted by Crippen LogP contribution is 2.19. The van der Waals surface area contributed by atoms with Gasteiger partial charge in [-0.2, -0.15) is 0 Å². The molecule has 0 unspecified atom stereocenters. The summed E-state index contributed by atoms with van der Waals surface area (Å²) in [7, 11) is 1.51. The fourth-order valence-electron chi connectivity index (χ4n) is 2.79. The lowest BCUT2D eigenvalue weighted by Crippen LogP contribution is -2.33. The third-order valence-corrected chi connectivity index (χ3v) is 4.26. The van der Waals surface area contributed by atoms with Crippen LogP contribution in [0.15, 0.2) is 29.1 Å². The summed E-state index contributed by atoms with van der Waals surface area (Å²) in [6.07, 6.45) is 0.0424. The van der Waals surface area contributed by atoms with Crippen LogP contribution in [0.3, 0.4) is 0 Å². The van der Waals surface area contributed by atoms with E-state index >= 15 is 0 Å². The van der Waals surface area contributed by atoms with Crippen molar-refractivity contribution in [2.45, 2.75) is 40.2 Å². The Hall–Kier alpha value is -3.00. The number of hydrogen-bond donors (Lipinski definition) is 0. The van der Waals surface area contributed by atoms with Crippen LogP contribution in [0.2, 0.25) is 0 Å². The van der Waals surface area contributed by atoms with E-state index in [1.54, 1.807) is 32.9 Å². The van der Waals surface area contributed by atoms with E-state index in [4.69, 9.17) is 9.47 Å². The monoisotopic (exact) mass is 388 g/mol. The van der Waals surface area contributed by atoms with Crippen LogP contribution < -0.4 is 10.4 Å². The molecule has 0 N–H and O–H groups in total. The molecule has 0 saturated carbocycles. The van der Waals surface area contributed by atoms with E-state index in [0.29, 0.717) is 12.4 Å². The molecule has 2 aromatic rings. The first-order valence-electron chi connectivity index (χ1n) is 9.10. The van der Waals surface area contributed by atoms with E-state index in [9.17, 15) is 19.2 Å². The predicted octanol–water partition coefficient (Wildman–Crippen LogP) is 2.53. The van der Waals surface area contributed by atoms with Gasteiger partial charge in [0.1, 0.15) is 11.4 Å². The molecule has 1 aromatic carbocycles. The third kappa shape index (κ3) is 3.96. The van der Waals surface area contributed by atoms with Crippen molar-refractivity contribution >= 4 is 17.6 Å². The van der Waals surface area contributed by atoms with Crippen molar-refractivity contribution in [3.05, 3.63) is 51.7 Å². The van der Waals surface area contributed by atoms with Crippen molar-refractivity contribution in [1.82, 2.24) is 9.13 Å². The van der Waals surface area contributed by atoms with Gasteiger partial charge in [-0.3, -0.25) is 14.4 Å². The lowest BCUT2D eigenvalue weighted by molar-refractivity contribution is 0.0872. The Labute approximate surface area is 162 Å².